The summed E-state index contributed by atoms with van der Waals surface area (Å²) in [5.74, 6) is 0. The average Bonchev–Trinajstić information content (AvgIpc) is 3.99. The molecule has 0 spiro atoms. The first kappa shape index (κ1) is 34.9. The van der Waals surface area contributed by atoms with Crippen LogP contribution in [0.3, 0.4) is 0 Å². The zero-order valence-corrected chi connectivity index (χ0v) is 33.7. The Morgan fingerprint density at radius 3 is 1.66 bits per heavy atom. The maximum atomic E-state index is 2.48. The number of para-hydroxylation sites is 4. The minimum absolute atomic E-state index is 1.08. The fourth-order valence-electron chi connectivity index (χ4n) is 9.54. The third kappa shape index (κ3) is 5.61. The fraction of sp³-hybridized carbons (Fsp3) is 0.0175. The lowest BCUT2D eigenvalue weighted by Gasteiger charge is -2.26. The molecule has 0 amide bonds. The van der Waals surface area contributed by atoms with Gasteiger partial charge in [0.1, 0.15) is 0 Å². The topological polar surface area (TPSA) is 18.0 Å². The number of anilines is 3. The molecular formula is C57H40N4. The predicted octanol–water partition coefficient (Wildman–Crippen LogP) is 15.3. The number of hydrogen-bond acceptors (Lipinski definition) is 1. The summed E-state index contributed by atoms with van der Waals surface area (Å²) in [7, 11) is 0. The van der Waals surface area contributed by atoms with Crippen molar-refractivity contribution in [3.05, 3.63) is 230 Å². The van der Waals surface area contributed by atoms with E-state index < -0.39 is 0 Å². The van der Waals surface area contributed by atoms with E-state index in [0.717, 1.165) is 39.8 Å². The Morgan fingerprint density at radius 1 is 0.328 bits per heavy atom. The molecule has 0 fully saturated rings. The molecule has 4 heteroatoms. The molecule has 0 aliphatic carbocycles. The van der Waals surface area contributed by atoms with E-state index in [9.17, 15) is 0 Å². The highest BCUT2D eigenvalue weighted by molar-refractivity contribution is 6.19. The molecule has 0 aliphatic rings. The van der Waals surface area contributed by atoms with Crippen LogP contribution in [0, 0.1) is 6.92 Å². The lowest BCUT2D eigenvalue weighted by Crippen LogP contribution is -2.10. The Hall–Kier alpha value is -8.08. The SMILES string of the molecule is Cc1ccc(-n2c3ccccc3c3cc(N(c4ccccc4)c4cccc(-n5c6ccccc6c6ccc7cc(-c8ccccc8)n(-c8ccccc8)c7c65)c4)ccc32)cc1. The molecule has 12 rings (SSSR count). The summed E-state index contributed by atoms with van der Waals surface area (Å²) in [6, 6.07) is 81.6. The molecule has 0 bridgehead atoms. The number of rotatable bonds is 7. The molecule has 288 valence electrons. The van der Waals surface area contributed by atoms with E-state index in [0.29, 0.717) is 0 Å². The maximum Gasteiger partial charge on any atom is 0.0788 e. The van der Waals surface area contributed by atoms with Crippen LogP contribution in [0.5, 0.6) is 0 Å². The van der Waals surface area contributed by atoms with Gasteiger partial charge in [-0.2, -0.15) is 0 Å². The number of aryl methyl sites for hydroxylation is 1. The van der Waals surface area contributed by atoms with E-state index in [1.807, 2.05) is 0 Å². The van der Waals surface area contributed by atoms with Crippen molar-refractivity contribution in [2.45, 2.75) is 6.92 Å². The van der Waals surface area contributed by atoms with E-state index in [1.165, 1.54) is 65.6 Å². The maximum absolute atomic E-state index is 2.48. The quantitative estimate of drug-likeness (QED) is 0.158. The van der Waals surface area contributed by atoms with Crippen LogP contribution in [0.1, 0.15) is 5.56 Å². The van der Waals surface area contributed by atoms with Crippen LogP contribution < -0.4 is 4.90 Å². The number of hydrogen-bond donors (Lipinski definition) is 0. The smallest absolute Gasteiger partial charge is 0.0788 e. The van der Waals surface area contributed by atoms with E-state index in [2.05, 4.69) is 250 Å². The van der Waals surface area contributed by atoms with Crippen LogP contribution in [0.25, 0.3) is 82.8 Å². The van der Waals surface area contributed by atoms with Crippen LogP contribution in [-0.2, 0) is 0 Å². The van der Waals surface area contributed by atoms with Crippen molar-refractivity contribution in [1.29, 1.82) is 0 Å². The number of nitrogens with zero attached hydrogens (tertiary/aromatic N) is 4. The standard InChI is InChI=1S/C57H40N4/c1-39-28-31-44(32-29-39)59-52-26-13-12-25-49(52)51-38-47(33-35-54(51)59)58(42-18-7-3-8-19-42)45-22-15-23-46(37-45)61-53-27-14-11-24-48(53)50-34-30-41-36-55(40-16-5-2-6-17-40)60(56(41)57(50)61)43-20-9-4-10-21-43/h2-38H,1H3. The third-order valence-corrected chi connectivity index (χ3v) is 12.2. The second-order valence-electron chi connectivity index (χ2n) is 15.9. The Morgan fingerprint density at radius 2 is 0.902 bits per heavy atom. The van der Waals surface area contributed by atoms with Crippen molar-refractivity contribution in [3.8, 4) is 28.3 Å². The normalized spacial score (nSPS) is 11.7. The summed E-state index contributed by atoms with van der Waals surface area (Å²) in [5, 5.41) is 6.08. The van der Waals surface area contributed by atoms with Crippen LogP contribution in [0.2, 0.25) is 0 Å². The van der Waals surface area contributed by atoms with Gasteiger partial charge in [-0.3, -0.25) is 0 Å². The average molecular weight is 781 g/mol. The van der Waals surface area contributed by atoms with Crippen LogP contribution in [0.15, 0.2) is 224 Å². The van der Waals surface area contributed by atoms with Crippen LogP contribution in [0.4, 0.5) is 17.1 Å². The highest BCUT2D eigenvalue weighted by Crippen LogP contribution is 2.44. The Kier molecular flexibility index (Phi) is 8.04. The summed E-state index contributed by atoms with van der Waals surface area (Å²) >= 11 is 0. The molecule has 0 atom stereocenters. The minimum atomic E-state index is 1.08. The number of benzene rings is 9. The predicted molar refractivity (Wildman–Crippen MR) is 257 cm³/mol. The van der Waals surface area contributed by atoms with Gasteiger partial charge in [-0.15, -0.1) is 0 Å². The molecule has 12 aromatic rings. The van der Waals surface area contributed by atoms with Gasteiger partial charge in [-0.25, -0.2) is 0 Å². The van der Waals surface area contributed by atoms with Gasteiger partial charge in [0.25, 0.3) is 0 Å². The molecule has 9 aromatic carbocycles. The second-order valence-corrected chi connectivity index (χ2v) is 15.9. The van der Waals surface area contributed by atoms with Crippen molar-refractivity contribution in [3.63, 3.8) is 0 Å². The largest absolute Gasteiger partial charge is 0.310 e. The van der Waals surface area contributed by atoms with E-state index >= 15 is 0 Å². The molecule has 0 saturated heterocycles. The van der Waals surface area contributed by atoms with Gasteiger partial charge in [0.05, 0.1) is 33.3 Å². The zero-order valence-electron chi connectivity index (χ0n) is 33.7. The Balaban J connectivity index is 1.10. The third-order valence-electron chi connectivity index (χ3n) is 12.2. The lowest BCUT2D eigenvalue weighted by molar-refractivity contribution is 1.12. The van der Waals surface area contributed by atoms with Crippen molar-refractivity contribution in [2.24, 2.45) is 0 Å². The second kappa shape index (κ2) is 14.0. The van der Waals surface area contributed by atoms with E-state index in [4.69, 9.17) is 0 Å². The molecule has 3 aromatic heterocycles. The number of fused-ring (bicyclic) bond motifs is 8. The molecule has 0 radical (unpaired) electrons. The first-order valence-electron chi connectivity index (χ1n) is 20.9. The monoisotopic (exact) mass is 780 g/mol. The van der Waals surface area contributed by atoms with Crippen molar-refractivity contribution in [2.75, 3.05) is 4.90 Å². The first-order valence-corrected chi connectivity index (χ1v) is 20.9. The van der Waals surface area contributed by atoms with Crippen molar-refractivity contribution < 1.29 is 0 Å². The van der Waals surface area contributed by atoms with Crippen molar-refractivity contribution >= 4 is 71.6 Å². The van der Waals surface area contributed by atoms with Crippen LogP contribution in [-0.4, -0.2) is 13.7 Å². The summed E-state index contributed by atoms with van der Waals surface area (Å²) in [5.41, 5.74) is 16.1. The van der Waals surface area contributed by atoms with Gasteiger partial charge in [-0.05, 0) is 103 Å². The highest BCUT2D eigenvalue weighted by atomic mass is 15.1. The summed E-state index contributed by atoms with van der Waals surface area (Å²) in [6.07, 6.45) is 0. The molecule has 0 saturated carbocycles. The fourth-order valence-corrected chi connectivity index (χ4v) is 9.54. The molecule has 61 heavy (non-hydrogen) atoms. The molecule has 4 nitrogen and oxygen atoms in total. The van der Waals surface area contributed by atoms with Gasteiger partial charge in [0.15, 0.2) is 0 Å². The zero-order chi connectivity index (χ0) is 40.4. The molecule has 0 N–H and O–H groups in total. The Labute approximate surface area is 354 Å². The molecule has 0 unspecified atom stereocenters. The minimum Gasteiger partial charge on any atom is -0.310 e. The summed E-state index contributed by atoms with van der Waals surface area (Å²) < 4.78 is 7.32. The first-order chi connectivity index (χ1) is 30.2. The van der Waals surface area contributed by atoms with Gasteiger partial charge >= 0.3 is 0 Å². The van der Waals surface area contributed by atoms with Gasteiger partial charge in [0, 0.05) is 61.1 Å². The summed E-state index contributed by atoms with van der Waals surface area (Å²) in [6.45, 7) is 2.14. The van der Waals surface area contributed by atoms with Crippen molar-refractivity contribution in [1.82, 2.24) is 13.7 Å². The lowest BCUT2D eigenvalue weighted by atomic mass is 10.1. The molecule has 0 aliphatic heterocycles. The molecular weight excluding hydrogens is 741 g/mol. The van der Waals surface area contributed by atoms with Gasteiger partial charge in [-0.1, -0.05) is 139 Å². The van der Waals surface area contributed by atoms with Gasteiger partial charge < -0.3 is 18.6 Å². The van der Waals surface area contributed by atoms with Gasteiger partial charge in [0.2, 0.25) is 0 Å². The molecule has 3 heterocycles. The van der Waals surface area contributed by atoms with E-state index in [-0.39, 0.29) is 0 Å². The Bertz CT molecular complexity index is 3580. The van der Waals surface area contributed by atoms with E-state index in [1.54, 1.807) is 0 Å². The number of aromatic nitrogens is 3. The van der Waals surface area contributed by atoms with Crippen LogP contribution >= 0.6 is 0 Å². The highest BCUT2D eigenvalue weighted by Gasteiger charge is 2.23. The summed E-state index contributed by atoms with van der Waals surface area (Å²) in [4.78, 5) is 2.39.